The topological polar surface area (TPSA) is 116 Å². The number of para-hydroxylation sites is 1. The van der Waals surface area contributed by atoms with Gasteiger partial charge in [0.1, 0.15) is 5.75 Å². The third-order valence-corrected chi connectivity index (χ3v) is 4.99. The summed E-state index contributed by atoms with van der Waals surface area (Å²) in [5, 5.41) is 31.7. The molecular weight excluding hydrogens is 325 g/mol. The van der Waals surface area contributed by atoms with Gasteiger partial charge in [0.05, 0.1) is 17.6 Å². The first-order valence-electron chi connectivity index (χ1n) is 8.61. The SMILES string of the molecule is O=C(CC1CCC(O)CC1)NC1Cc2cccc(C(=O)O)c2OB1O. The number of aliphatic hydroxyl groups excluding tert-OH is 1. The zero-order valence-electron chi connectivity index (χ0n) is 13.9. The van der Waals surface area contributed by atoms with Gasteiger partial charge in [-0.25, -0.2) is 4.79 Å². The van der Waals surface area contributed by atoms with Crippen molar-refractivity contribution in [1.82, 2.24) is 5.32 Å². The van der Waals surface area contributed by atoms with Gasteiger partial charge in [-0.15, -0.1) is 0 Å². The second kappa shape index (κ2) is 7.45. The number of amides is 1. The maximum absolute atomic E-state index is 12.3. The van der Waals surface area contributed by atoms with E-state index in [9.17, 15) is 24.8 Å². The van der Waals surface area contributed by atoms with Crippen molar-refractivity contribution < 1.29 is 29.5 Å². The predicted octanol–water partition coefficient (Wildman–Crippen LogP) is 0.765. The number of fused-ring (bicyclic) bond motifs is 1. The standard InChI is InChI=1S/C17H22BNO6/c20-12-6-4-10(5-7-12)8-15(21)19-14-9-11-2-1-3-13(17(22)23)16(11)25-18(14)24/h1-3,10,12,14,20,24H,4-9H2,(H,19,21)(H,22,23). The van der Waals surface area contributed by atoms with Gasteiger partial charge in [0, 0.05) is 6.42 Å². The fraction of sp³-hybridized carbons (Fsp3) is 0.529. The van der Waals surface area contributed by atoms with Crippen LogP contribution in [0.3, 0.4) is 0 Å². The number of carbonyl (C=O) groups excluding carboxylic acids is 1. The van der Waals surface area contributed by atoms with Crippen LogP contribution in [-0.2, 0) is 11.2 Å². The van der Waals surface area contributed by atoms with Crippen LogP contribution in [0.1, 0.15) is 48.0 Å². The molecular formula is C17H22BNO6. The fourth-order valence-corrected chi connectivity index (χ4v) is 3.59. The molecule has 0 bridgehead atoms. The number of nitrogens with one attached hydrogen (secondary N) is 1. The lowest BCUT2D eigenvalue weighted by atomic mass is 9.72. The van der Waals surface area contributed by atoms with Gasteiger partial charge in [-0.2, -0.15) is 0 Å². The lowest BCUT2D eigenvalue weighted by Crippen LogP contribution is -2.53. The molecule has 2 aliphatic rings. The van der Waals surface area contributed by atoms with E-state index in [1.807, 2.05) is 0 Å². The molecule has 1 atom stereocenters. The van der Waals surface area contributed by atoms with E-state index in [1.165, 1.54) is 6.07 Å². The quantitative estimate of drug-likeness (QED) is 0.598. The van der Waals surface area contributed by atoms with E-state index in [1.54, 1.807) is 12.1 Å². The highest BCUT2D eigenvalue weighted by atomic mass is 16.5. The van der Waals surface area contributed by atoms with Crippen molar-refractivity contribution in [2.75, 3.05) is 0 Å². The molecule has 1 saturated carbocycles. The molecule has 4 N–H and O–H groups in total. The van der Waals surface area contributed by atoms with Crippen molar-refractivity contribution >= 4 is 19.0 Å². The van der Waals surface area contributed by atoms with Gasteiger partial charge >= 0.3 is 13.1 Å². The van der Waals surface area contributed by atoms with Crippen molar-refractivity contribution in [2.24, 2.45) is 5.92 Å². The average molecular weight is 347 g/mol. The summed E-state index contributed by atoms with van der Waals surface area (Å²) in [6.45, 7) is 0. The van der Waals surface area contributed by atoms with Crippen LogP contribution in [0.15, 0.2) is 18.2 Å². The van der Waals surface area contributed by atoms with Crippen LogP contribution in [0.5, 0.6) is 5.75 Å². The van der Waals surface area contributed by atoms with Gasteiger partial charge in [0.15, 0.2) is 0 Å². The summed E-state index contributed by atoms with van der Waals surface area (Å²) in [6.07, 6.45) is 3.50. The first kappa shape index (κ1) is 17.8. The molecule has 0 aromatic heterocycles. The van der Waals surface area contributed by atoms with Crippen molar-refractivity contribution in [3.63, 3.8) is 0 Å². The molecule has 0 saturated heterocycles. The third kappa shape index (κ3) is 4.14. The van der Waals surface area contributed by atoms with Crippen molar-refractivity contribution in [1.29, 1.82) is 0 Å². The van der Waals surface area contributed by atoms with Crippen molar-refractivity contribution in [3.05, 3.63) is 29.3 Å². The van der Waals surface area contributed by atoms with E-state index >= 15 is 0 Å². The molecule has 7 nitrogen and oxygen atoms in total. The largest absolute Gasteiger partial charge is 0.547 e. The lowest BCUT2D eigenvalue weighted by Gasteiger charge is -2.30. The van der Waals surface area contributed by atoms with E-state index in [0.717, 1.165) is 25.7 Å². The monoisotopic (exact) mass is 347 g/mol. The van der Waals surface area contributed by atoms with Crippen LogP contribution in [0, 0.1) is 5.92 Å². The van der Waals surface area contributed by atoms with Crippen LogP contribution in [0.2, 0.25) is 0 Å². The van der Waals surface area contributed by atoms with E-state index < -0.39 is 19.0 Å². The summed E-state index contributed by atoms with van der Waals surface area (Å²) in [5.41, 5.74) is 0.651. The number of benzene rings is 1. The van der Waals surface area contributed by atoms with Gasteiger partial charge in [0.2, 0.25) is 5.91 Å². The lowest BCUT2D eigenvalue weighted by molar-refractivity contribution is -0.122. The highest BCUT2D eigenvalue weighted by molar-refractivity contribution is 6.47. The van der Waals surface area contributed by atoms with Gasteiger partial charge in [0.25, 0.3) is 0 Å². The molecule has 1 amide bonds. The zero-order valence-corrected chi connectivity index (χ0v) is 13.9. The summed E-state index contributed by atoms with van der Waals surface area (Å²) in [7, 11) is -1.29. The Morgan fingerprint density at radius 1 is 1.24 bits per heavy atom. The number of hydrogen-bond donors (Lipinski definition) is 4. The number of carboxylic acids is 1. The number of aliphatic hydroxyl groups is 1. The van der Waals surface area contributed by atoms with E-state index in [0.29, 0.717) is 18.4 Å². The van der Waals surface area contributed by atoms with E-state index in [4.69, 9.17) is 4.65 Å². The molecule has 8 heteroatoms. The number of hydrogen-bond acceptors (Lipinski definition) is 5. The Morgan fingerprint density at radius 3 is 2.64 bits per heavy atom. The van der Waals surface area contributed by atoms with E-state index in [2.05, 4.69) is 5.32 Å². The Hall–Kier alpha value is -2.06. The molecule has 1 aliphatic heterocycles. The zero-order chi connectivity index (χ0) is 18.0. The first-order valence-corrected chi connectivity index (χ1v) is 8.61. The van der Waals surface area contributed by atoms with Gasteiger partial charge in [-0.3, -0.25) is 4.79 Å². The van der Waals surface area contributed by atoms with Crippen LogP contribution in [0.4, 0.5) is 0 Å². The molecule has 0 spiro atoms. The van der Waals surface area contributed by atoms with E-state index in [-0.39, 0.29) is 29.2 Å². The Labute approximate surface area is 146 Å². The smallest absolute Gasteiger partial charge is 0.534 e. The molecule has 3 rings (SSSR count). The predicted molar refractivity (Wildman–Crippen MR) is 90.2 cm³/mol. The van der Waals surface area contributed by atoms with Gasteiger partial charge in [-0.1, -0.05) is 12.1 Å². The van der Waals surface area contributed by atoms with Gasteiger partial charge < -0.3 is 25.2 Å². The van der Waals surface area contributed by atoms with Crippen molar-refractivity contribution in [3.8, 4) is 5.75 Å². The number of rotatable bonds is 4. The van der Waals surface area contributed by atoms with Crippen LogP contribution in [0.25, 0.3) is 0 Å². The summed E-state index contributed by atoms with van der Waals surface area (Å²) in [6, 6.07) is 4.77. The van der Waals surface area contributed by atoms with Crippen LogP contribution in [-0.4, -0.2) is 46.3 Å². The summed E-state index contributed by atoms with van der Waals surface area (Å²) in [5.74, 6) is -1.48. The number of carboxylic acid groups (broad SMARTS) is 1. The van der Waals surface area contributed by atoms with Gasteiger partial charge in [-0.05, 0) is 49.7 Å². The molecule has 134 valence electrons. The second-order valence-corrected chi connectivity index (χ2v) is 6.86. The third-order valence-electron chi connectivity index (χ3n) is 4.99. The normalized spacial score (nSPS) is 25.7. The minimum atomic E-state index is -1.29. The molecule has 1 fully saturated rings. The Balaban J connectivity index is 1.61. The van der Waals surface area contributed by atoms with Crippen LogP contribution < -0.4 is 9.97 Å². The minimum absolute atomic E-state index is 0.00194. The maximum atomic E-state index is 12.3. The molecule has 1 aromatic carbocycles. The molecule has 0 radical (unpaired) electrons. The Morgan fingerprint density at radius 2 is 1.96 bits per heavy atom. The number of aromatic carboxylic acids is 1. The summed E-state index contributed by atoms with van der Waals surface area (Å²) in [4.78, 5) is 23.5. The second-order valence-electron chi connectivity index (χ2n) is 6.86. The van der Waals surface area contributed by atoms with Crippen molar-refractivity contribution in [2.45, 2.75) is 50.6 Å². The summed E-state index contributed by atoms with van der Waals surface area (Å²) >= 11 is 0. The van der Waals surface area contributed by atoms with Crippen LogP contribution >= 0.6 is 0 Å². The minimum Gasteiger partial charge on any atom is -0.534 e. The first-order chi connectivity index (χ1) is 11.9. The Bertz CT molecular complexity index is 659. The fourth-order valence-electron chi connectivity index (χ4n) is 3.59. The number of carbonyl (C=O) groups is 2. The molecule has 1 unspecified atom stereocenters. The summed E-state index contributed by atoms with van der Waals surface area (Å²) < 4.78 is 5.37. The maximum Gasteiger partial charge on any atom is 0.547 e. The molecule has 1 aliphatic carbocycles. The highest BCUT2D eigenvalue weighted by Gasteiger charge is 2.38. The highest BCUT2D eigenvalue weighted by Crippen LogP contribution is 2.30. The average Bonchev–Trinajstić information content (AvgIpc) is 2.57. The molecule has 1 heterocycles. The molecule has 25 heavy (non-hydrogen) atoms. The molecule has 1 aromatic rings. The Kier molecular flexibility index (Phi) is 5.29.